The number of halogens is 1. The van der Waals surface area contributed by atoms with Crippen LogP contribution in [0.5, 0.6) is 0 Å². The molecule has 138 valence electrons. The van der Waals surface area contributed by atoms with E-state index in [1.165, 1.54) is 12.5 Å². The molecule has 2 aliphatic rings. The van der Waals surface area contributed by atoms with Gasteiger partial charge in [-0.3, -0.25) is 4.79 Å². The van der Waals surface area contributed by atoms with Crippen LogP contribution < -0.4 is 16.2 Å². The molecule has 2 fully saturated rings. The molecule has 2 atom stereocenters. The average molecular weight is 349 g/mol. The molecule has 1 heterocycles. The van der Waals surface area contributed by atoms with E-state index in [0.717, 1.165) is 31.2 Å². The first-order chi connectivity index (χ1) is 12.0. The van der Waals surface area contributed by atoms with Crippen LogP contribution >= 0.6 is 0 Å². The van der Waals surface area contributed by atoms with E-state index in [2.05, 4.69) is 16.2 Å². The number of aryl methyl sites for hydroxylation is 1. The minimum Gasteiger partial charge on any atom is -0.396 e. The van der Waals surface area contributed by atoms with E-state index < -0.39 is 0 Å². The molecule has 5 nitrogen and oxygen atoms in total. The first-order valence-corrected chi connectivity index (χ1v) is 9.19. The molecule has 4 N–H and O–H groups in total. The quantitative estimate of drug-likeness (QED) is 0.657. The molecule has 0 spiro atoms. The molecular formula is C19H28FN3O2. The average Bonchev–Trinajstić information content (AvgIpc) is 3.13. The normalized spacial score (nSPS) is 25.7. The van der Waals surface area contributed by atoms with Gasteiger partial charge >= 0.3 is 0 Å². The summed E-state index contributed by atoms with van der Waals surface area (Å²) in [6, 6.07) is 4.70. The van der Waals surface area contributed by atoms with Crippen LogP contribution in [0.4, 0.5) is 4.39 Å². The van der Waals surface area contributed by atoms with E-state index in [-0.39, 0.29) is 35.8 Å². The Kier molecular flexibility index (Phi) is 5.71. The van der Waals surface area contributed by atoms with E-state index in [9.17, 15) is 14.3 Å². The molecule has 0 aromatic heterocycles. The molecule has 25 heavy (non-hydrogen) atoms. The Bertz CT molecular complexity index is 617. The lowest BCUT2D eigenvalue weighted by Gasteiger charge is -2.35. The van der Waals surface area contributed by atoms with Gasteiger partial charge in [0.15, 0.2) is 0 Å². The lowest BCUT2D eigenvalue weighted by atomic mass is 9.74. The monoisotopic (exact) mass is 349 g/mol. The number of hydrogen-bond acceptors (Lipinski definition) is 4. The number of carbonyl (C=O) groups is 1. The highest BCUT2D eigenvalue weighted by molar-refractivity contribution is 5.82. The Morgan fingerprint density at radius 1 is 1.32 bits per heavy atom. The Morgan fingerprint density at radius 3 is 2.76 bits per heavy atom. The molecule has 1 amide bonds. The summed E-state index contributed by atoms with van der Waals surface area (Å²) in [4.78, 5) is 12.5. The number of aliphatic hydroxyl groups excluding tert-OH is 1. The van der Waals surface area contributed by atoms with Crippen LogP contribution in [0.2, 0.25) is 0 Å². The van der Waals surface area contributed by atoms with Gasteiger partial charge in [0.25, 0.3) is 0 Å². The maximum Gasteiger partial charge on any atom is 0.238 e. The van der Waals surface area contributed by atoms with Gasteiger partial charge in [0.2, 0.25) is 5.91 Å². The molecule has 0 radical (unpaired) electrons. The minimum atomic E-state index is -0.324. The highest BCUT2D eigenvalue weighted by atomic mass is 19.1. The van der Waals surface area contributed by atoms with Crippen molar-refractivity contribution in [2.24, 2.45) is 5.41 Å². The van der Waals surface area contributed by atoms with Gasteiger partial charge in [-0.25, -0.2) is 15.2 Å². The predicted molar refractivity (Wildman–Crippen MR) is 94.2 cm³/mol. The first kappa shape index (κ1) is 18.3. The van der Waals surface area contributed by atoms with Crippen molar-refractivity contribution in [1.29, 1.82) is 0 Å². The van der Waals surface area contributed by atoms with Crippen LogP contribution in [0.25, 0.3) is 0 Å². The summed E-state index contributed by atoms with van der Waals surface area (Å²) in [6.45, 7) is 2.39. The number of aliphatic hydroxyl groups is 1. The predicted octanol–water partition coefficient (Wildman–Crippen LogP) is 2.10. The van der Waals surface area contributed by atoms with Crippen molar-refractivity contribution in [2.45, 2.75) is 57.5 Å². The van der Waals surface area contributed by atoms with Gasteiger partial charge in [-0.2, -0.15) is 0 Å². The molecule has 1 aliphatic heterocycles. The summed E-state index contributed by atoms with van der Waals surface area (Å²) >= 11 is 0. The lowest BCUT2D eigenvalue weighted by Crippen LogP contribution is -2.48. The highest BCUT2D eigenvalue weighted by Crippen LogP contribution is 2.35. The number of benzene rings is 1. The molecule has 1 saturated heterocycles. The summed E-state index contributed by atoms with van der Waals surface area (Å²) in [5.74, 6) is -0.266. The minimum absolute atomic E-state index is 0.0171. The maximum absolute atomic E-state index is 13.4. The van der Waals surface area contributed by atoms with E-state index in [1.807, 2.05) is 6.07 Å². The second-order valence-electron chi connectivity index (χ2n) is 7.57. The number of hydrogen-bond donors (Lipinski definition) is 4. The summed E-state index contributed by atoms with van der Waals surface area (Å²) in [5.41, 5.74) is 7.59. The summed E-state index contributed by atoms with van der Waals surface area (Å²) < 4.78 is 13.4. The molecule has 1 aliphatic carbocycles. The van der Waals surface area contributed by atoms with Gasteiger partial charge in [0.05, 0.1) is 6.61 Å². The molecule has 0 bridgehead atoms. The van der Waals surface area contributed by atoms with Crippen molar-refractivity contribution < 1.29 is 14.3 Å². The molecule has 1 aromatic carbocycles. The zero-order valence-electron chi connectivity index (χ0n) is 14.8. The van der Waals surface area contributed by atoms with Crippen LogP contribution in [-0.4, -0.2) is 30.2 Å². The van der Waals surface area contributed by atoms with Crippen LogP contribution in [0.1, 0.15) is 55.7 Å². The SMILES string of the molecule is Cc1cc(C2CC(C(=O)NCC3(CO)CCCCC3)NN2)ccc1F. The second kappa shape index (κ2) is 7.81. The smallest absolute Gasteiger partial charge is 0.238 e. The molecule has 6 heteroatoms. The first-order valence-electron chi connectivity index (χ1n) is 9.19. The number of rotatable bonds is 5. The zero-order chi connectivity index (χ0) is 17.9. The van der Waals surface area contributed by atoms with Gasteiger partial charge in [0, 0.05) is 18.0 Å². The van der Waals surface area contributed by atoms with Crippen LogP contribution in [0.15, 0.2) is 18.2 Å². The lowest BCUT2D eigenvalue weighted by molar-refractivity contribution is -0.123. The van der Waals surface area contributed by atoms with Crippen molar-refractivity contribution in [3.63, 3.8) is 0 Å². The zero-order valence-corrected chi connectivity index (χ0v) is 14.8. The van der Waals surface area contributed by atoms with E-state index in [1.54, 1.807) is 13.0 Å². The van der Waals surface area contributed by atoms with Crippen molar-refractivity contribution in [2.75, 3.05) is 13.2 Å². The van der Waals surface area contributed by atoms with Crippen LogP contribution in [0, 0.1) is 18.2 Å². The van der Waals surface area contributed by atoms with Gasteiger partial charge < -0.3 is 10.4 Å². The van der Waals surface area contributed by atoms with E-state index in [4.69, 9.17) is 0 Å². The van der Waals surface area contributed by atoms with Crippen LogP contribution in [-0.2, 0) is 4.79 Å². The maximum atomic E-state index is 13.4. The fraction of sp³-hybridized carbons (Fsp3) is 0.632. The largest absolute Gasteiger partial charge is 0.396 e. The van der Waals surface area contributed by atoms with Crippen molar-refractivity contribution in [1.82, 2.24) is 16.2 Å². The van der Waals surface area contributed by atoms with Crippen molar-refractivity contribution >= 4 is 5.91 Å². The highest BCUT2D eigenvalue weighted by Gasteiger charge is 2.34. The van der Waals surface area contributed by atoms with Gasteiger partial charge in [-0.15, -0.1) is 0 Å². The fourth-order valence-corrected chi connectivity index (χ4v) is 3.92. The number of carbonyl (C=O) groups excluding carboxylic acids is 1. The Labute approximate surface area is 148 Å². The second-order valence-corrected chi connectivity index (χ2v) is 7.57. The number of amides is 1. The van der Waals surface area contributed by atoms with Crippen molar-refractivity contribution in [3.8, 4) is 0 Å². The topological polar surface area (TPSA) is 73.4 Å². The van der Waals surface area contributed by atoms with Gasteiger partial charge in [-0.1, -0.05) is 31.4 Å². The standard InChI is InChI=1S/C19H28FN3O2/c1-13-9-14(5-6-15(13)20)16-10-17(23-22-16)18(25)21-11-19(12-24)7-3-2-4-8-19/h5-6,9,16-17,22-24H,2-4,7-8,10-12H2,1H3,(H,21,25). The van der Waals surface area contributed by atoms with E-state index in [0.29, 0.717) is 18.5 Å². The summed E-state index contributed by atoms with van der Waals surface area (Å²) in [6.07, 6.45) is 6.00. The Balaban J connectivity index is 1.54. The third kappa shape index (κ3) is 4.19. The van der Waals surface area contributed by atoms with E-state index >= 15 is 0 Å². The summed E-state index contributed by atoms with van der Waals surface area (Å²) in [5, 5.41) is 12.8. The third-order valence-electron chi connectivity index (χ3n) is 5.69. The molecule has 3 rings (SSSR count). The molecule has 2 unspecified atom stereocenters. The Hall–Kier alpha value is -1.50. The van der Waals surface area contributed by atoms with Gasteiger partial charge in [-0.05, 0) is 43.4 Å². The van der Waals surface area contributed by atoms with Crippen molar-refractivity contribution in [3.05, 3.63) is 35.1 Å². The molecular weight excluding hydrogens is 321 g/mol. The molecule has 1 saturated carbocycles. The number of nitrogens with one attached hydrogen (secondary N) is 3. The Morgan fingerprint density at radius 2 is 2.08 bits per heavy atom. The molecule has 1 aromatic rings. The van der Waals surface area contributed by atoms with Gasteiger partial charge in [0.1, 0.15) is 11.9 Å². The van der Waals surface area contributed by atoms with Crippen LogP contribution in [0.3, 0.4) is 0 Å². The third-order valence-corrected chi connectivity index (χ3v) is 5.69. The summed E-state index contributed by atoms with van der Waals surface area (Å²) in [7, 11) is 0. The fourth-order valence-electron chi connectivity index (χ4n) is 3.92. The number of hydrazine groups is 1.